The van der Waals surface area contributed by atoms with Crippen molar-refractivity contribution in [1.29, 1.82) is 0 Å². The summed E-state index contributed by atoms with van der Waals surface area (Å²) < 4.78 is 5.73. The molecule has 5 nitrogen and oxygen atoms in total. The maximum absolute atomic E-state index is 13.4. The summed E-state index contributed by atoms with van der Waals surface area (Å²) in [7, 11) is 0. The summed E-state index contributed by atoms with van der Waals surface area (Å²) in [6.07, 6.45) is 0. The Morgan fingerprint density at radius 2 is 1.52 bits per heavy atom. The number of carbonyl (C=O) groups excluding carboxylic acids is 2. The van der Waals surface area contributed by atoms with E-state index in [1.807, 2.05) is 74.5 Å². The molecule has 0 heterocycles. The van der Waals surface area contributed by atoms with Crippen molar-refractivity contribution in [2.24, 2.45) is 5.92 Å². The molecular formula is C27H29ClN2O3. The van der Waals surface area contributed by atoms with E-state index < -0.39 is 6.04 Å². The molecule has 0 saturated carbocycles. The van der Waals surface area contributed by atoms with Crippen LogP contribution in [0.3, 0.4) is 0 Å². The molecule has 0 fully saturated rings. The largest absolute Gasteiger partial charge is 0.484 e. The van der Waals surface area contributed by atoms with Gasteiger partial charge >= 0.3 is 0 Å². The second-order valence-corrected chi connectivity index (χ2v) is 8.64. The van der Waals surface area contributed by atoms with E-state index in [2.05, 4.69) is 5.32 Å². The average Bonchev–Trinajstić information content (AvgIpc) is 2.83. The highest BCUT2D eigenvalue weighted by molar-refractivity contribution is 6.30. The summed E-state index contributed by atoms with van der Waals surface area (Å²) in [6, 6.07) is 25.0. The van der Waals surface area contributed by atoms with Crippen LogP contribution in [-0.4, -0.2) is 29.9 Å². The molecule has 0 bridgehead atoms. The molecule has 0 saturated heterocycles. The average molecular weight is 465 g/mol. The minimum absolute atomic E-state index is 0.182. The topological polar surface area (TPSA) is 58.6 Å². The van der Waals surface area contributed by atoms with Crippen LogP contribution in [0.1, 0.15) is 31.0 Å². The smallest absolute Gasteiger partial charge is 0.261 e. The van der Waals surface area contributed by atoms with Crippen LogP contribution in [0.15, 0.2) is 84.9 Å². The van der Waals surface area contributed by atoms with Gasteiger partial charge in [-0.1, -0.05) is 86.1 Å². The molecule has 3 aromatic carbocycles. The van der Waals surface area contributed by atoms with Gasteiger partial charge < -0.3 is 15.0 Å². The van der Waals surface area contributed by atoms with Crippen LogP contribution in [0, 0.1) is 5.92 Å². The van der Waals surface area contributed by atoms with E-state index in [4.69, 9.17) is 16.3 Å². The maximum atomic E-state index is 13.4. The zero-order chi connectivity index (χ0) is 23.6. The quantitative estimate of drug-likeness (QED) is 0.445. The van der Waals surface area contributed by atoms with Crippen molar-refractivity contribution in [3.63, 3.8) is 0 Å². The molecule has 1 N–H and O–H groups in total. The van der Waals surface area contributed by atoms with Gasteiger partial charge in [-0.25, -0.2) is 0 Å². The van der Waals surface area contributed by atoms with Crippen LogP contribution >= 0.6 is 11.6 Å². The number of rotatable bonds is 10. The van der Waals surface area contributed by atoms with Gasteiger partial charge in [0, 0.05) is 18.1 Å². The van der Waals surface area contributed by atoms with Crippen LogP contribution in [-0.2, 0) is 16.1 Å². The first-order valence-corrected chi connectivity index (χ1v) is 11.4. The van der Waals surface area contributed by atoms with Crippen molar-refractivity contribution in [3.8, 4) is 5.75 Å². The van der Waals surface area contributed by atoms with E-state index in [9.17, 15) is 9.59 Å². The highest BCUT2D eigenvalue weighted by Crippen LogP contribution is 2.25. The first kappa shape index (κ1) is 24.3. The Morgan fingerprint density at radius 1 is 0.909 bits per heavy atom. The molecular weight excluding hydrogens is 436 g/mol. The second kappa shape index (κ2) is 12.1. The fourth-order valence-corrected chi connectivity index (χ4v) is 3.49. The van der Waals surface area contributed by atoms with Crippen molar-refractivity contribution in [3.05, 3.63) is 101 Å². The molecule has 0 aliphatic rings. The number of hydrogen-bond donors (Lipinski definition) is 1. The zero-order valence-electron chi connectivity index (χ0n) is 18.9. The molecule has 0 radical (unpaired) electrons. The Kier molecular flexibility index (Phi) is 8.90. The Hall–Kier alpha value is -3.31. The second-order valence-electron chi connectivity index (χ2n) is 8.20. The van der Waals surface area contributed by atoms with Gasteiger partial charge in [-0.2, -0.15) is 0 Å². The standard InChI is InChI=1S/C27H29ClN2O3/c1-20(2)17-29-27(32)26(22-9-5-3-6-10-22)30(18-21-13-15-23(28)16-14-21)25(31)19-33-24-11-7-4-8-12-24/h3-16,20,26H,17-19H2,1-2H3,(H,29,32)/t26-/m0/s1. The lowest BCUT2D eigenvalue weighted by Crippen LogP contribution is -2.45. The van der Waals surface area contributed by atoms with Crippen molar-refractivity contribution in [1.82, 2.24) is 10.2 Å². The Labute approximate surface area is 200 Å². The molecule has 1 atom stereocenters. The molecule has 0 unspecified atom stereocenters. The van der Waals surface area contributed by atoms with E-state index in [0.717, 1.165) is 11.1 Å². The third kappa shape index (κ3) is 7.36. The predicted molar refractivity (Wildman–Crippen MR) is 131 cm³/mol. The molecule has 2 amide bonds. The Balaban J connectivity index is 1.92. The Morgan fingerprint density at radius 3 is 2.12 bits per heavy atom. The van der Waals surface area contributed by atoms with E-state index in [1.165, 1.54) is 0 Å². The van der Waals surface area contributed by atoms with Crippen molar-refractivity contribution < 1.29 is 14.3 Å². The fourth-order valence-electron chi connectivity index (χ4n) is 3.36. The van der Waals surface area contributed by atoms with E-state index in [1.54, 1.807) is 29.2 Å². The van der Waals surface area contributed by atoms with Gasteiger partial charge in [0.15, 0.2) is 6.61 Å². The van der Waals surface area contributed by atoms with E-state index >= 15 is 0 Å². The number of nitrogens with one attached hydrogen (secondary N) is 1. The highest BCUT2D eigenvalue weighted by atomic mass is 35.5. The number of halogens is 1. The number of nitrogens with zero attached hydrogens (tertiary/aromatic N) is 1. The normalized spacial score (nSPS) is 11.6. The number of hydrogen-bond acceptors (Lipinski definition) is 3. The van der Waals surface area contributed by atoms with Crippen molar-refractivity contribution in [2.75, 3.05) is 13.2 Å². The summed E-state index contributed by atoms with van der Waals surface area (Å²) >= 11 is 6.04. The van der Waals surface area contributed by atoms with Gasteiger partial charge in [-0.05, 0) is 41.3 Å². The minimum Gasteiger partial charge on any atom is -0.484 e. The molecule has 0 aromatic heterocycles. The van der Waals surface area contributed by atoms with Gasteiger partial charge in [0.2, 0.25) is 5.91 Å². The number of amides is 2. The van der Waals surface area contributed by atoms with Crippen molar-refractivity contribution >= 4 is 23.4 Å². The number of ether oxygens (including phenoxy) is 1. The summed E-state index contributed by atoms with van der Waals surface area (Å²) in [5.74, 6) is 0.365. The molecule has 0 aliphatic heterocycles. The number of carbonyl (C=O) groups is 2. The lowest BCUT2D eigenvalue weighted by atomic mass is 10.0. The summed E-state index contributed by atoms with van der Waals surface area (Å²) in [5, 5.41) is 3.60. The summed E-state index contributed by atoms with van der Waals surface area (Å²) in [6.45, 7) is 4.64. The number of para-hydroxylation sites is 1. The summed E-state index contributed by atoms with van der Waals surface area (Å²) in [5.41, 5.74) is 1.60. The van der Waals surface area contributed by atoms with Gasteiger partial charge in [0.05, 0.1) is 0 Å². The van der Waals surface area contributed by atoms with Gasteiger partial charge in [-0.15, -0.1) is 0 Å². The Bertz CT molecular complexity index is 1020. The van der Waals surface area contributed by atoms with Crippen LogP contribution in [0.25, 0.3) is 0 Å². The molecule has 3 aromatic rings. The molecule has 3 rings (SSSR count). The lowest BCUT2D eigenvalue weighted by Gasteiger charge is -2.32. The third-order valence-corrected chi connectivity index (χ3v) is 5.30. The SMILES string of the molecule is CC(C)CNC(=O)[C@H](c1ccccc1)N(Cc1ccc(Cl)cc1)C(=O)COc1ccccc1. The summed E-state index contributed by atoms with van der Waals surface area (Å²) in [4.78, 5) is 28.4. The van der Waals surface area contributed by atoms with Crippen LogP contribution in [0.5, 0.6) is 5.75 Å². The van der Waals surface area contributed by atoms with Gasteiger partial charge in [0.1, 0.15) is 11.8 Å². The lowest BCUT2D eigenvalue weighted by molar-refractivity contribution is -0.143. The van der Waals surface area contributed by atoms with E-state index in [-0.39, 0.29) is 30.9 Å². The highest BCUT2D eigenvalue weighted by Gasteiger charge is 2.31. The molecule has 6 heteroatoms. The van der Waals surface area contributed by atoms with E-state index in [0.29, 0.717) is 17.3 Å². The van der Waals surface area contributed by atoms with Gasteiger partial charge in [-0.3, -0.25) is 9.59 Å². The zero-order valence-corrected chi connectivity index (χ0v) is 19.7. The third-order valence-electron chi connectivity index (χ3n) is 5.05. The maximum Gasteiger partial charge on any atom is 0.261 e. The first-order valence-electron chi connectivity index (χ1n) is 11.0. The predicted octanol–water partition coefficient (Wildman–Crippen LogP) is 5.26. The van der Waals surface area contributed by atoms with Crippen LogP contribution in [0.2, 0.25) is 5.02 Å². The molecule has 0 spiro atoms. The molecule has 172 valence electrons. The monoisotopic (exact) mass is 464 g/mol. The van der Waals surface area contributed by atoms with Crippen LogP contribution in [0.4, 0.5) is 0 Å². The van der Waals surface area contributed by atoms with Crippen LogP contribution < -0.4 is 10.1 Å². The van der Waals surface area contributed by atoms with Crippen molar-refractivity contribution in [2.45, 2.75) is 26.4 Å². The number of benzene rings is 3. The molecule has 33 heavy (non-hydrogen) atoms. The molecule has 0 aliphatic carbocycles. The minimum atomic E-state index is -0.799. The van der Waals surface area contributed by atoms with Gasteiger partial charge in [0.25, 0.3) is 5.91 Å². The first-order chi connectivity index (χ1) is 15.9. The fraction of sp³-hybridized carbons (Fsp3) is 0.259.